The highest BCUT2D eigenvalue weighted by atomic mass is 16.5. The highest BCUT2D eigenvalue weighted by Crippen LogP contribution is 2.22. The molecule has 26 heavy (non-hydrogen) atoms. The van der Waals surface area contributed by atoms with E-state index in [1.165, 1.54) is 7.11 Å². The summed E-state index contributed by atoms with van der Waals surface area (Å²) in [5.74, 6) is -0.619. The van der Waals surface area contributed by atoms with Gasteiger partial charge in [0, 0.05) is 13.1 Å². The number of nitrogens with zero attached hydrogens (tertiary/aromatic N) is 1. The summed E-state index contributed by atoms with van der Waals surface area (Å²) >= 11 is 0. The monoisotopic (exact) mass is 362 g/mol. The van der Waals surface area contributed by atoms with Crippen molar-refractivity contribution in [3.8, 4) is 0 Å². The van der Waals surface area contributed by atoms with Crippen LogP contribution in [-0.4, -0.2) is 56.2 Å². The summed E-state index contributed by atoms with van der Waals surface area (Å²) in [5.41, 5.74) is 1.11. The molecule has 6 nitrogen and oxygen atoms in total. The number of amides is 1. The first-order valence-electron chi connectivity index (χ1n) is 9.15. The van der Waals surface area contributed by atoms with Gasteiger partial charge in [-0.3, -0.25) is 4.79 Å². The third-order valence-electron chi connectivity index (χ3n) is 4.91. The SMILES string of the molecule is COC(=O)[C@H](C(C)C)N(C)C(=O)[C@H]1CCN[C@@H]1COCc1ccccc1. The van der Waals surface area contributed by atoms with Crippen LogP contribution >= 0.6 is 0 Å². The summed E-state index contributed by atoms with van der Waals surface area (Å²) in [6.45, 7) is 5.59. The van der Waals surface area contributed by atoms with Crippen molar-refractivity contribution in [1.82, 2.24) is 10.2 Å². The Balaban J connectivity index is 1.94. The second-order valence-electron chi connectivity index (χ2n) is 7.12. The molecule has 1 aromatic rings. The van der Waals surface area contributed by atoms with Crippen LogP contribution in [0.25, 0.3) is 0 Å². The Bertz CT molecular complexity index is 591. The number of methoxy groups -OCH3 is 1. The molecule has 3 atom stereocenters. The first-order valence-corrected chi connectivity index (χ1v) is 9.15. The zero-order valence-electron chi connectivity index (χ0n) is 16.1. The Morgan fingerprint density at radius 1 is 1.27 bits per heavy atom. The molecule has 2 rings (SSSR count). The van der Waals surface area contributed by atoms with E-state index >= 15 is 0 Å². The molecule has 0 radical (unpaired) electrons. The van der Waals surface area contributed by atoms with Gasteiger partial charge in [0.05, 0.1) is 26.2 Å². The summed E-state index contributed by atoms with van der Waals surface area (Å²) in [4.78, 5) is 26.6. The summed E-state index contributed by atoms with van der Waals surface area (Å²) in [6, 6.07) is 9.35. The predicted molar refractivity (Wildman–Crippen MR) is 99.4 cm³/mol. The molecule has 1 fully saturated rings. The van der Waals surface area contributed by atoms with Crippen LogP contribution in [0.1, 0.15) is 25.8 Å². The number of ether oxygens (including phenoxy) is 2. The summed E-state index contributed by atoms with van der Waals surface area (Å²) in [5, 5.41) is 3.35. The second kappa shape index (κ2) is 9.69. The predicted octanol–water partition coefficient (Wildman–Crippen LogP) is 1.84. The third kappa shape index (κ3) is 5.05. The quantitative estimate of drug-likeness (QED) is 0.715. The smallest absolute Gasteiger partial charge is 0.328 e. The molecule has 1 heterocycles. The number of hydrogen-bond donors (Lipinski definition) is 1. The van der Waals surface area contributed by atoms with Gasteiger partial charge in [0.2, 0.25) is 5.91 Å². The lowest BCUT2D eigenvalue weighted by Gasteiger charge is -2.32. The van der Waals surface area contributed by atoms with Gasteiger partial charge in [0.15, 0.2) is 0 Å². The van der Waals surface area contributed by atoms with Crippen LogP contribution in [0.5, 0.6) is 0 Å². The van der Waals surface area contributed by atoms with Crippen LogP contribution in [0.3, 0.4) is 0 Å². The van der Waals surface area contributed by atoms with E-state index in [0.29, 0.717) is 13.2 Å². The van der Waals surface area contributed by atoms with Crippen molar-refractivity contribution in [2.75, 3.05) is 27.3 Å². The molecule has 0 aliphatic carbocycles. The van der Waals surface area contributed by atoms with Crippen LogP contribution < -0.4 is 5.32 Å². The normalized spacial score (nSPS) is 20.8. The molecular formula is C20H30N2O4. The van der Waals surface area contributed by atoms with E-state index in [9.17, 15) is 9.59 Å². The standard InChI is InChI=1S/C20H30N2O4/c1-14(2)18(20(24)25-4)22(3)19(23)16-10-11-21-17(16)13-26-12-15-8-6-5-7-9-15/h5-9,14,16-18,21H,10-13H2,1-4H3/t16-,17+,18-/m0/s1. The summed E-state index contributed by atoms with van der Waals surface area (Å²) in [7, 11) is 3.04. The molecule has 1 saturated heterocycles. The number of rotatable bonds is 8. The lowest BCUT2D eigenvalue weighted by Crippen LogP contribution is -2.50. The van der Waals surface area contributed by atoms with Crippen molar-refractivity contribution in [2.24, 2.45) is 11.8 Å². The zero-order valence-corrected chi connectivity index (χ0v) is 16.1. The zero-order chi connectivity index (χ0) is 19.1. The van der Waals surface area contributed by atoms with E-state index in [1.54, 1.807) is 11.9 Å². The van der Waals surface area contributed by atoms with E-state index in [2.05, 4.69) is 5.32 Å². The van der Waals surface area contributed by atoms with Crippen LogP contribution in [0.2, 0.25) is 0 Å². The van der Waals surface area contributed by atoms with Gasteiger partial charge in [-0.15, -0.1) is 0 Å². The van der Waals surface area contributed by atoms with Gasteiger partial charge < -0.3 is 19.7 Å². The second-order valence-corrected chi connectivity index (χ2v) is 7.12. The first kappa shape index (κ1) is 20.4. The number of esters is 1. The lowest BCUT2D eigenvalue weighted by atomic mass is 9.96. The Morgan fingerprint density at radius 3 is 2.58 bits per heavy atom. The minimum Gasteiger partial charge on any atom is -0.467 e. The Morgan fingerprint density at radius 2 is 1.96 bits per heavy atom. The molecule has 1 N–H and O–H groups in total. The maximum absolute atomic E-state index is 13.0. The number of nitrogens with one attached hydrogen (secondary N) is 1. The van der Waals surface area contributed by atoms with Crippen molar-refractivity contribution in [2.45, 2.75) is 39.0 Å². The maximum Gasteiger partial charge on any atom is 0.328 e. The molecule has 1 aromatic carbocycles. The molecule has 0 unspecified atom stereocenters. The Labute approximate surface area is 155 Å². The van der Waals surface area contributed by atoms with Crippen LogP contribution in [0.15, 0.2) is 30.3 Å². The largest absolute Gasteiger partial charge is 0.467 e. The van der Waals surface area contributed by atoms with Gasteiger partial charge >= 0.3 is 5.97 Å². The van der Waals surface area contributed by atoms with Gasteiger partial charge in [-0.25, -0.2) is 4.79 Å². The molecule has 1 aliphatic rings. The van der Waals surface area contributed by atoms with Crippen LogP contribution in [0, 0.1) is 11.8 Å². The summed E-state index contributed by atoms with van der Waals surface area (Å²) < 4.78 is 10.7. The first-order chi connectivity index (χ1) is 12.5. The van der Waals surface area contributed by atoms with Crippen molar-refractivity contribution in [3.63, 3.8) is 0 Å². The molecule has 0 bridgehead atoms. The van der Waals surface area contributed by atoms with Gasteiger partial charge in [0.1, 0.15) is 6.04 Å². The molecule has 1 amide bonds. The fourth-order valence-corrected chi connectivity index (χ4v) is 3.51. The van der Waals surface area contributed by atoms with Crippen molar-refractivity contribution >= 4 is 11.9 Å². The number of carbonyl (C=O) groups excluding carboxylic acids is 2. The highest BCUT2D eigenvalue weighted by Gasteiger charge is 2.39. The third-order valence-corrected chi connectivity index (χ3v) is 4.91. The van der Waals surface area contributed by atoms with E-state index in [4.69, 9.17) is 9.47 Å². The number of carbonyl (C=O) groups is 2. The molecule has 0 saturated carbocycles. The van der Waals surface area contributed by atoms with Gasteiger partial charge in [-0.1, -0.05) is 44.2 Å². The lowest BCUT2D eigenvalue weighted by molar-refractivity contribution is -0.155. The van der Waals surface area contributed by atoms with Gasteiger partial charge in [-0.2, -0.15) is 0 Å². The summed E-state index contributed by atoms with van der Waals surface area (Å²) in [6.07, 6.45) is 0.745. The van der Waals surface area contributed by atoms with Gasteiger partial charge in [-0.05, 0) is 24.4 Å². The van der Waals surface area contributed by atoms with Crippen LogP contribution in [-0.2, 0) is 25.7 Å². The fraction of sp³-hybridized carbons (Fsp3) is 0.600. The van der Waals surface area contributed by atoms with E-state index in [0.717, 1.165) is 18.5 Å². The molecular weight excluding hydrogens is 332 g/mol. The fourth-order valence-electron chi connectivity index (χ4n) is 3.51. The highest BCUT2D eigenvalue weighted by molar-refractivity contribution is 5.86. The average Bonchev–Trinajstić information content (AvgIpc) is 3.10. The minimum absolute atomic E-state index is 0.0152. The van der Waals surface area contributed by atoms with Crippen LogP contribution in [0.4, 0.5) is 0 Å². The molecule has 6 heteroatoms. The minimum atomic E-state index is -0.570. The number of hydrogen-bond acceptors (Lipinski definition) is 5. The van der Waals surface area contributed by atoms with Crippen molar-refractivity contribution < 1.29 is 19.1 Å². The molecule has 0 spiro atoms. The Hall–Kier alpha value is -1.92. The molecule has 1 aliphatic heterocycles. The Kier molecular flexibility index (Phi) is 7.60. The maximum atomic E-state index is 13.0. The number of benzene rings is 1. The van der Waals surface area contributed by atoms with Gasteiger partial charge in [0.25, 0.3) is 0 Å². The average molecular weight is 362 g/mol. The van der Waals surface area contributed by atoms with E-state index < -0.39 is 6.04 Å². The topological polar surface area (TPSA) is 67.9 Å². The van der Waals surface area contributed by atoms with Crippen molar-refractivity contribution in [1.29, 1.82) is 0 Å². The van der Waals surface area contributed by atoms with E-state index in [1.807, 2.05) is 44.2 Å². The van der Waals surface area contributed by atoms with E-state index in [-0.39, 0.29) is 29.8 Å². The molecule has 144 valence electrons. The number of likely N-dealkylation sites (N-methyl/N-ethyl adjacent to an activating group) is 1. The molecule has 0 aromatic heterocycles. The van der Waals surface area contributed by atoms with Crippen molar-refractivity contribution in [3.05, 3.63) is 35.9 Å².